The third-order valence-electron chi connectivity index (χ3n) is 7.80. The molecule has 8 nitrogen and oxygen atoms in total. The Labute approximate surface area is 219 Å². The van der Waals surface area contributed by atoms with Crippen LogP contribution in [0.5, 0.6) is 0 Å². The minimum atomic E-state index is -0.157. The Kier molecular flexibility index (Phi) is 7.57. The van der Waals surface area contributed by atoms with E-state index in [4.69, 9.17) is 4.74 Å². The van der Waals surface area contributed by atoms with Crippen LogP contribution >= 0.6 is 23.1 Å². The number of thioether (sulfide) groups is 1. The second kappa shape index (κ2) is 10.7. The number of rotatable bonds is 8. The molecular formula is C26H35N5O3S2. The van der Waals surface area contributed by atoms with Crippen LogP contribution in [-0.2, 0) is 11.3 Å². The van der Waals surface area contributed by atoms with E-state index >= 15 is 0 Å². The molecule has 0 bridgehead atoms. The van der Waals surface area contributed by atoms with Crippen molar-refractivity contribution >= 4 is 39.4 Å². The lowest BCUT2D eigenvalue weighted by Crippen LogP contribution is -2.51. The SMILES string of the molecule is CSc1cc(C)[nH]c(=O)c1CNC(=O)c1c(C)n([C@H](C)C2CCC(NC3COC3)CC2)c2ncsc12. The number of H-pyrrole nitrogens is 1. The smallest absolute Gasteiger partial charge is 0.254 e. The fourth-order valence-corrected chi connectivity index (χ4v) is 7.31. The molecule has 1 saturated carbocycles. The van der Waals surface area contributed by atoms with Crippen LogP contribution in [0.2, 0.25) is 0 Å². The third kappa shape index (κ3) is 4.88. The van der Waals surface area contributed by atoms with Gasteiger partial charge in [-0.05, 0) is 64.7 Å². The molecule has 3 aromatic rings. The normalized spacial score (nSPS) is 21.4. The minimum absolute atomic E-state index is 0.152. The van der Waals surface area contributed by atoms with E-state index in [2.05, 4.69) is 32.1 Å². The predicted molar refractivity (Wildman–Crippen MR) is 145 cm³/mol. The number of carbonyl (C=O) groups excluding carboxylic acids is 1. The summed E-state index contributed by atoms with van der Waals surface area (Å²) in [6, 6.07) is 3.30. The van der Waals surface area contributed by atoms with Gasteiger partial charge in [-0.2, -0.15) is 0 Å². The highest BCUT2D eigenvalue weighted by molar-refractivity contribution is 7.98. The van der Waals surface area contributed by atoms with Crippen LogP contribution in [0, 0.1) is 19.8 Å². The maximum Gasteiger partial charge on any atom is 0.254 e. The molecule has 36 heavy (non-hydrogen) atoms. The van der Waals surface area contributed by atoms with Crippen molar-refractivity contribution in [2.45, 2.75) is 76.0 Å². The highest BCUT2D eigenvalue weighted by Crippen LogP contribution is 2.38. The maximum absolute atomic E-state index is 13.4. The van der Waals surface area contributed by atoms with Gasteiger partial charge < -0.3 is 24.9 Å². The molecule has 0 unspecified atom stereocenters. The number of pyridine rings is 1. The first-order valence-electron chi connectivity index (χ1n) is 12.7. The van der Waals surface area contributed by atoms with E-state index in [1.54, 1.807) is 0 Å². The van der Waals surface area contributed by atoms with Gasteiger partial charge in [-0.1, -0.05) is 0 Å². The van der Waals surface area contributed by atoms with Crippen molar-refractivity contribution in [3.05, 3.63) is 44.4 Å². The van der Waals surface area contributed by atoms with Crippen molar-refractivity contribution in [1.29, 1.82) is 0 Å². The molecule has 1 aliphatic heterocycles. The first kappa shape index (κ1) is 25.5. The molecule has 2 aliphatic rings. The molecule has 3 N–H and O–H groups in total. The Morgan fingerprint density at radius 2 is 2.03 bits per heavy atom. The Hall–Kier alpha value is -2.14. The van der Waals surface area contributed by atoms with Gasteiger partial charge in [-0.15, -0.1) is 23.1 Å². The molecule has 5 rings (SSSR count). The zero-order valence-corrected chi connectivity index (χ0v) is 23.0. The number of fused-ring (bicyclic) bond motifs is 1. The Morgan fingerprint density at radius 1 is 1.28 bits per heavy atom. The third-order valence-corrected chi connectivity index (χ3v) is 9.44. The number of aromatic amines is 1. The zero-order valence-electron chi connectivity index (χ0n) is 21.3. The molecule has 0 aromatic carbocycles. The first-order chi connectivity index (χ1) is 17.4. The number of ether oxygens (including phenoxy) is 1. The monoisotopic (exact) mass is 529 g/mol. The van der Waals surface area contributed by atoms with Gasteiger partial charge in [-0.25, -0.2) is 4.98 Å². The summed E-state index contributed by atoms with van der Waals surface area (Å²) in [6.07, 6.45) is 6.59. The Balaban J connectivity index is 1.33. The fraction of sp³-hybridized carbons (Fsp3) is 0.577. The van der Waals surface area contributed by atoms with E-state index in [1.165, 1.54) is 35.9 Å². The number of hydrogen-bond acceptors (Lipinski definition) is 7. The fourth-order valence-electron chi connectivity index (χ4n) is 5.73. The molecule has 3 aromatic heterocycles. The number of amides is 1. The summed E-state index contributed by atoms with van der Waals surface area (Å²) in [5.41, 5.74) is 5.58. The minimum Gasteiger partial charge on any atom is -0.378 e. The van der Waals surface area contributed by atoms with Crippen molar-refractivity contribution in [3.8, 4) is 0 Å². The van der Waals surface area contributed by atoms with Gasteiger partial charge in [0.2, 0.25) is 0 Å². The van der Waals surface area contributed by atoms with Gasteiger partial charge in [0.05, 0.1) is 35.0 Å². The van der Waals surface area contributed by atoms with Crippen molar-refractivity contribution in [1.82, 2.24) is 25.2 Å². The van der Waals surface area contributed by atoms with Gasteiger partial charge in [0.15, 0.2) is 5.65 Å². The Morgan fingerprint density at radius 3 is 2.69 bits per heavy atom. The summed E-state index contributed by atoms with van der Waals surface area (Å²) >= 11 is 3.02. The van der Waals surface area contributed by atoms with Crippen molar-refractivity contribution < 1.29 is 9.53 Å². The van der Waals surface area contributed by atoms with E-state index in [9.17, 15) is 9.59 Å². The molecule has 1 aliphatic carbocycles. The maximum atomic E-state index is 13.4. The van der Waals surface area contributed by atoms with Gasteiger partial charge in [0.25, 0.3) is 11.5 Å². The van der Waals surface area contributed by atoms with Crippen LogP contribution in [0.3, 0.4) is 0 Å². The zero-order chi connectivity index (χ0) is 25.4. The Bertz CT molecular complexity index is 1300. The van der Waals surface area contributed by atoms with Gasteiger partial charge >= 0.3 is 0 Å². The lowest BCUT2D eigenvalue weighted by molar-refractivity contribution is -0.0131. The molecule has 10 heteroatoms. The van der Waals surface area contributed by atoms with Crippen molar-refractivity contribution in [2.75, 3.05) is 19.5 Å². The van der Waals surface area contributed by atoms with Crippen LogP contribution < -0.4 is 16.2 Å². The molecular weight excluding hydrogens is 494 g/mol. The van der Waals surface area contributed by atoms with E-state index in [-0.39, 0.29) is 24.1 Å². The number of nitrogens with zero attached hydrogens (tertiary/aromatic N) is 2. The average Bonchev–Trinajstić information content (AvgIpc) is 3.39. The highest BCUT2D eigenvalue weighted by atomic mass is 32.2. The molecule has 1 saturated heterocycles. The molecule has 1 atom stereocenters. The molecule has 0 radical (unpaired) electrons. The second-order valence-corrected chi connectivity index (χ2v) is 11.8. The number of carbonyl (C=O) groups is 1. The number of aryl methyl sites for hydroxylation is 1. The molecule has 0 spiro atoms. The number of aromatic nitrogens is 3. The topological polar surface area (TPSA) is 101 Å². The van der Waals surface area contributed by atoms with Gasteiger partial charge in [0.1, 0.15) is 0 Å². The first-order valence-corrected chi connectivity index (χ1v) is 14.8. The molecule has 194 valence electrons. The van der Waals surface area contributed by atoms with E-state index < -0.39 is 0 Å². The number of hydrogen-bond donors (Lipinski definition) is 3. The summed E-state index contributed by atoms with van der Waals surface area (Å²) in [5.74, 6) is 0.387. The van der Waals surface area contributed by atoms with E-state index in [0.717, 1.165) is 52.7 Å². The van der Waals surface area contributed by atoms with Crippen LogP contribution in [0.4, 0.5) is 0 Å². The number of nitrogens with one attached hydrogen (secondary N) is 3. The van der Waals surface area contributed by atoms with Crippen LogP contribution in [-0.4, -0.2) is 52.0 Å². The molecule has 2 fully saturated rings. The standard InChI is InChI=1S/C26H35N5O3S2/c1-14-9-21(35-4)20(25(32)29-14)10-27-26(33)22-16(3)31(24-23(22)36-13-28-24)15(2)17-5-7-18(8-6-17)30-19-11-34-12-19/h9,13,15,17-19,30H,5-8,10-12H2,1-4H3,(H,27,33)(H,29,32)/t15-,17?,18?/m1/s1. The lowest BCUT2D eigenvalue weighted by atomic mass is 9.81. The lowest BCUT2D eigenvalue weighted by Gasteiger charge is -2.37. The highest BCUT2D eigenvalue weighted by Gasteiger charge is 2.32. The average molecular weight is 530 g/mol. The molecule has 4 heterocycles. The van der Waals surface area contributed by atoms with E-state index in [1.807, 2.05) is 31.7 Å². The number of thiazole rings is 1. The second-order valence-electron chi connectivity index (χ2n) is 10.1. The summed E-state index contributed by atoms with van der Waals surface area (Å²) in [6.45, 7) is 8.01. The van der Waals surface area contributed by atoms with Gasteiger partial charge in [-0.3, -0.25) is 9.59 Å². The summed E-state index contributed by atoms with van der Waals surface area (Å²) < 4.78 is 8.49. The molecule has 1 amide bonds. The summed E-state index contributed by atoms with van der Waals surface area (Å²) in [7, 11) is 0. The predicted octanol–water partition coefficient (Wildman–Crippen LogP) is 4.16. The van der Waals surface area contributed by atoms with E-state index in [0.29, 0.717) is 29.1 Å². The van der Waals surface area contributed by atoms with Crippen LogP contribution in [0.15, 0.2) is 21.3 Å². The van der Waals surface area contributed by atoms with Crippen molar-refractivity contribution in [3.63, 3.8) is 0 Å². The quantitative estimate of drug-likeness (QED) is 0.379. The largest absolute Gasteiger partial charge is 0.378 e. The van der Waals surface area contributed by atoms with Crippen molar-refractivity contribution in [2.24, 2.45) is 5.92 Å². The van der Waals surface area contributed by atoms with Crippen LogP contribution in [0.25, 0.3) is 10.3 Å². The van der Waals surface area contributed by atoms with Crippen LogP contribution in [0.1, 0.15) is 66.0 Å². The summed E-state index contributed by atoms with van der Waals surface area (Å²) in [5, 5.41) is 6.75. The summed E-state index contributed by atoms with van der Waals surface area (Å²) in [4.78, 5) is 34.4. The van der Waals surface area contributed by atoms with Gasteiger partial charge in [0, 0.05) is 40.5 Å².